The summed E-state index contributed by atoms with van der Waals surface area (Å²) in [4.78, 5) is 11.6. The quantitative estimate of drug-likeness (QED) is 0.413. The zero-order valence-corrected chi connectivity index (χ0v) is 21.8. The molecule has 0 amide bonds. The summed E-state index contributed by atoms with van der Waals surface area (Å²) in [6.45, 7) is 6.14. The van der Waals surface area contributed by atoms with E-state index in [1.54, 1.807) is 30.5 Å². The molecule has 35 heavy (non-hydrogen) atoms. The van der Waals surface area contributed by atoms with Crippen LogP contribution in [0, 0.1) is 36.5 Å². The summed E-state index contributed by atoms with van der Waals surface area (Å²) >= 11 is 10.0. The number of nitrogens with zero attached hydrogens (tertiary/aromatic N) is 5. The van der Waals surface area contributed by atoms with Crippen molar-refractivity contribution in [3.63, 3.8) is 0 Å². The van der Waals surface area contributed by atoms with E-state index in [9.17, 15) is 10.5 Å². The zero-order chi connectivity index (χ0) is 24.9. The van der Waals surface area contributed by atoms with E-state index in [1.165, 1.54) is 0 Å². The van der Waals surface area contributed by atoms with Crippen LogP contribution in [0.25, 0.3) is 0 Å². The molecule has 1 aliphatic rings. The second-order valence-electron chi connectivity index (χ2n) is 8.50. The maximum Gasteiger partial charge on any atom is 0.238 e. The monoisotopic (exact) mass is 550 g/mol. The van der Waals surface area contributed by atoms with Crippen LogP contribution in [0.15, 0.2) is 41.0 Å². The van der Waals surface area contributed by atoms with Crippen LogP contribution in [0.1, 0.15) is 40.7 Å². The van der Waals surface area contributed by atoms with Crippen LogP contribution in [0.2, 0.25) is 5.02 Å². The van der Waals surface area contributed by atoms with Crippen molar-refractivity contribution in [2.75, 3.05) is 18.0 Å². The first-order valence-corrected chi connectivity index (χ1v) is 12.4. The molecule has 3 aromatic rings. The van der Waals surface area contributed by atoms with E-state index in [0.717, 1.165) is 42.6 Å². The van der Waals surface area contributed by atoms with Gasteiger partial charge in [0.1, 0.15) is 5.75 Å². The normalized spacial score (nSPS) is 13.7. The Balaban J connectivity index is 1.70. The fourth-order valence-corrected chi connectivity index (χ4v) is 4.75. The van der Waals surface area contributed by atoms with Crippen LogP contribution in [0.3, 0.4) is 0 Å². The molecule has 0 radical (unpaired) electrons. The first-order valence-electron chi connectivity index (χ1n) is 11.3. The van der Waals surface area contributed by atoms with E-state index in [-0.39, 0.29) is 6.04 Å². The van der Waals surface area contributed by atoms with Gasteiger partial charge >= 0.3 is 0 Å². The summed E-state index contributed by atoms with van der Waals surface area (Å²) < 4.78 is 6.87. The molecular formula is C26H24BrClN6O. The molecule has 1 N–H and O–H groups in total. The number of nitriles is 2. The topological polar surface area (TPSA) is 97.9 Å². The molecular weight excluding hydrogens is 528 g/mol. The van der Waals surface area contributed by atoms with Gasteiger partial charge < -0.3 is 15.0 Å². The van der Waals surface area contributed by atoms with Gasteiger partial charge in [-0.3, -0.25) is 0 Å². The van der Waals surface area contributed by atoms with E-state index >= 15 is 0 Å². The van der Waals surface area contributed by atoms with Gasteiger partial charge in [-0.15, -0.1) is 0 Å². The van der Waals surface area contributed by atoms with Crippen molar-refractivity contribution in [2.24, 2.45) is 0 Å². The van der Waals surface area contributed by atoms with Crippen LogP contribution >= 0.6 is 27.5 Å². The lowest BCUT2D eigenvalue weighted by atomic mass is 10.0. The lowest BCUT2D eigenvalue weighted by Crippen LogP contribution is -2.43. The maximum atomic E-state index is 9.25. The van der Waals surface area contributed by atoms with Crippen LogP contribution in [0.4, 0.5) is 5.95 Å². The summed E-state index contributed by atoms with van der Waals surface area (Å²) in [7, 11) is 0. The van der Waals surface area contributed by atoms with Gasteiger partial charge in [0, 0.05) is 17.6 Å². The van der Waals surface area contributed by atoms with Gasteiger partial charge in [-0.25, -0.2) is 4.98 Å². The van der Waals surface area contributed by atoms with Crippen molar-refractivity contribution in [3.05, 3.63) is 73.8 Å². The molecule has 4 rings (SSSR count). The van der Waals surface area contributed by atoms with Crippen LogP contribution < -0.4 is 15.0 Å². The van der Waals surface area contributed by atoms with Crippen molar-refractivity contribution in [3.8, 4) is 23.8 Å². The minimum absolute atomic E-state index is 0.218. The lowest BCUT2D eigenvalue weighted by Gasteiger charge is -2.35. The summed E-state index contributed by atoms with van der Waals surface area (Å²) in [5, 5.41) is 22.4. The van der Waals surface area contributed by atoms with Crippen molar-refractivity contribution >= 4 is 33.5 Å². The third kappa shape index (κ3) is 5.74. The molecule has 7 nitrogen and oxygen atoms in total. The Hall–Kier alpha value is -3.17. The molecule has 0 aliphatic carbocycles. The van der Waals surface area contributed by atoms with Gasteiger partial charge in [-0.2, -0.15) is 15.5 Å². The standard InChI is InChI=1S/C26H24BrClN6O/c1-16-9-19(13-30)10-17(2)24(16)35-25-22(27)14-32-26(33-25)34(21-5-7-31-8-6-21)15-20-4-3-18(12-29)11-23(20)28/h3-4,9-11,14,21,31H,5-8,15H2,1-2H3. The number of piperidine rings is 1. The largest absolute Gasteiger partial charge is 0.437 e. The Morgan fingerprint density at radius 2 is 1.80 bits per heavy atom. The molecule has 0 bridgehead atoms. The number of rotatable bonds is 6. The third-order valence-electron chi connectivity index (χ3n) is 6.02. The fourth-order valence-electron chi connectivity index (χ4n) is 4.24. The minimum atomic E-state index is 0.218. The summed E-state index contributed by atoms with van der Waals surface area (Å²) in [5.41, 5.74) is 3.72. The minimum Gasteiger partial charge on any atom is -0.437 e. The van der Waals surface area contributed by atoms with Crippen molar-refractivity contribution in [1.82, 2.24) is 15.3 Å². The molecule has 2 heterocycles. The van der Waals surface area contributed by atoms with Crippen LogP contribution in [-0.4, -0.2) is 29.1 Å². The third-order valence-corrected chi connectivity index (χ3v) is 6.91. The Labute approximate surface area is 218 Å². The SMILES string of the molecule is Cc1cc(C#N)cc(C)c1Oc1nc(N(Cc2ccc(C#N)cc2Cl)C2CCNCC2)ncc1Br. The summed E-state index contributed by atoms with van der Waals surface area (Å²) in [5.74, 6) is 1.60. The van der Waals surface area contributed by atoms with Crippen molar-refractivity contribution < 1.29 is 4.74 Å². The lowest BCUT2D eigenvalue weighted by molar-refractivity contribution is 0.417. The molecule has 1 aliphatic heterocycles. The smallest absolute Gasteiger partial charge is 0.238 e. The predicted octanol–water partition coefficient (Wildman–Crippen LogP) is 5.80. The van der Waals surface area contributed by atoms with E-state index in [1.807, 2.05) is 19.9 Å². The molecule has 1 fully saturated rings. The van der Waals surface area contributed by atoms with Gasteiger partial charge in [0.05, 0.1) is 33.9 Å². The summed E-state index contributed by atoms with van der Waals surface area (Å²) in [6, 6.07) is 13.5. The van der Waals surface area contributed by atoms with Gasteiger partial charge in [0.15, 0.2) is 0 Å². The van der Waals surface area contributed by atoms with Gasteiger partial charge in [0.25, 0.3) is 0 Å². The first-order chi connectivity index (χ1) is 16.9. The predicted molar refractivity (Wildman–Crippen MR) is 139 cm³/mol. The molecule has 0 unspecified atom stereocenters. The highest BCUT2D eigenvalue weighted by Crippen LogP contribution is 2.34. The molecule has 0 spiro atoms. The number of aromatic nitrogens is 2. The molecule has 0 saturated carbocycles. The van der Waals surface area contributed by atoms with Gasteiger partial charge in [-0.05, 0) is 96.7 Å². The zero-order valence-electron chi connectivity index (χ0n) is 19.5. The number of benzene rings is 2. The number of hydrogen-bond acceptors (Lipinski definition) is 7. The fraction of sp³-hybridized carbons (Fsp3) is 0.308. The highest BCUT2D eigenvalue weighted by Gasteiger charge is 2.25. The second-order valence-corrected chi connectivity index (χ2v) is 9.76. The van der Waals surface area contributed by atoms with E-state index < -0.39 is 0 Å². The molecule has 1 saturated heterocycles. The molecule has 0 atom stereocenters. The molecule has 2 aromatic carbocycles. The first kappa shape index (κ1) is 24.9. The Morgan fingerprint density at radius 3 is 2.43 bits per heavy atom. The van der Waals surface area contributed by atoms with E-state index in [2.05, 4.69) is 43.3 Å². The van der Waals surface area contributed by atoms with Crippen LogP contribution in [-0.2, 0) is 6.54 Å². The number of aryl methyl sites for hydroxylation is 2. The van der Waals surface area contributed by atoms with Crippen molar-refractivity contribution in [1.29, 1.82) is 10.5 Å². The van der Waals surface area contributed by atoms with Gasteiger partial charge in [0.2, 0.25) is 11.8 Å². The van der Waals surface area contributed by atoms with Crippen LogP contribution in [0.5, 0.6) is 11.6 Å². The second kappa shape index (κ2) is 11.0. The average Bonchev–Trinajstić information content (AvgIpc) is 2.87. The molecule has 9 heteroatoms. The number of halogens is 2. The average molecular weight is 552 g/mol. The number of hydrogen-bond donors (Lipinski definition) is 1. The number of anilines is 1. The number of ether oxygens (including phenoxy) is 1. The number of nitrogens with one attached hydrogen (secondary N) is 1. The highest BCUT2D eigenvalue weighted by atomic mass is 79.9. The molecule has 178 valence electrons. The van der Waals surface area contributed by atoms with Crippen molar-refractivity contribution in [2.45, 2.75) is 39.3 Å². The Morgan fingerprint density at radius 1 is 1.11 bits per heavy atom. The van der Waals surface area contributed by atoms with Gasteiger partial charge in [-0.1, -0.05) is 17.7 Å². The Bertz CT molecular complexity index is 1300. The Kier molecular flexibility index (Phi) is 7.87. The van der Waals surface area contributed by atoms with E-state index in [0.29, 0.717) is 44.7 Å². The van der Waals surface area contributed by atoms with E-state index in [4.69, 9.17) is 21.3 Å². The molecule has 1 aromatic heterocycles. The highest BCUT2D eigenvalue weighted by molar-refractivity contribution is 9.10. The summed E-state index contributed by atoms with van der Waals surface area (Å²) in [6.07, 6.45) is 3.58. The maximum absolute atomic E-state index is 9.25.